The van der Waals surface area contributed by atoms with Crippen LogP contribution in [0.5, 0.6) is 0 Å². The highest BCUT2D eigenvalue weighted by Crippen LogP contribution is 2.24. The third-order valence-electron chi connectivity index (χ3n) is 5.90. The number of hydrogen-bond donors (Lipinski definition) is 1. The molecule has 0 amide bonds. The third-order valence-corrected chi connectivity index (χ3v) is 7.45. The van der Waals surface area contributed by atoms with Gasteiger partial charge in [0.05, 0.1) is 5.75 Å². The molecule has 1 aliphatic carbocycles. The van der Waals surface area contributed by atoms with Crippen LogP contribution in [0.1, 0.15) is 44.9 Å². The summed E-state index contributed by atoms with van der Waals surface area (Å²) in [6.45, 7) is 5.95. The number of piperazine rings is 1. The molecule has 27 heavy (non-hydrogen) atoms. The second-order valence-corrected chi connectivity index (χ2v) is 9.90. The highest BCUT2D eigenvalue weighted by molar-refractivity contribution is 7.89. The van der Waals surface area contributed by atoms with E-state index in [0.717, 1.165) is 58.4 Å². The van der Waals surface area contributed by atoms with E-state index < -0.39 is 10.0 Å². The third kappa shape index (κ3) is 7.09. The lowest BCUT2D eigenvalue weighted by Crippen LogP contribution is -2.46. The minimum absolute atomic E-state index is 0.328. The van der Waals surface area contributed by atoms with Gasteiger partial charge < -0.3 is 4.90 Å². The fraction of sp³-hybridized carbons (Fsp3) is 0.714. The molecular weight excluding hydrogens is 358 g/mol. The van der Waals surface area contributed by atoms with Crippen molar-refractivity contribution in [1.82, 2.24) is 9.62 Å². The number of nitrogens with zero attached hydrogens (tertiary/aromatic N) is 2. The molecule has 2 fully saturated rings. The van der Waals surface area contributed by atoms with Gasteiger partial charge in [-0.1, -0.05) is 37.5 Å². The summed E-state index contributed by atoms with van der Waals surface area (Å²) in [6, 6.07) is 10.6. The lowest BCUT2D eigenvalue weighted by molar-refractivity contribution is 0.253. The van der Waals surface area contributed by atoms with Gasteiger partial charge in [-0.3, -0.25) is 4.90 Å². The van der Waals surface area contributed by atoms with Crippen molar-refractivity contribution >= 4 is 15.7 Å². The zero-order chi connectivity index (χ0) is 19.0. The molecule has 3 rings (SSSR count). The molecule has 1 saturated carbocycles. The summed E-state index contributed by atoms with van der Waals surface area (Å²) in [5.74, 6) is 0.700. The molecule has 1 aromatic carbocycles. The van der Waals surface area contributed by atoms with Crippen molar-refractivity contribution in [3.05, 3.63) is 30.3 Å². The Kier molecular flexibility index (Phi) is 7.97. The molecule has 2 aliphatic rings. The predicted molar refractivity (Wildman–Crippen MR) is 113 cm³/mol. The Balaban J connectivity index is 1.26. The maximum absolute atomic E-state index is 12.2. The summed E-state index contributed by atoms with van der Waals surface area (Å²) in [6.07, 6.45) is 7.78. The molecule has 5 nitrogen and oxygen atoms in total. The Labute approximate surface area is 165 Å². The normalized spacial score (nSPS) is 20.1. The van der Waals surface area contributed by atoms with E-state index in [0.29, 0.717) is 18.2 Å². The van der Waals surface area contributed by atoms with E-state index in [-0.39, 0.29) is 0 Å². The van der Waals surface area contributed by atoms with Crippen LogP contribution >= 0.6 is 0 Å². The van der Waals surface area contributed by atoms with Gasteiger partial charge in [0.2, 0.25) is 10.0 Å². The molecule has 0 spiro atoms. The topological polar surface area (TPSA) is 52.7 Å². The summed E-state index contributed by atoms with van der Waals surface area (Å²) in [7, 11) is -3.09. The van der Waals surface area contributed by atoms with Crippen molar-refractivity contribution in [2.24, 2.45) is 5.92 Å². The van der Waals surface area contributed by atoms with Gasteiger partial charge in [-0.15, -0.1) is 0 Å². The van der Waals surface area contributed by atoms with Crippen molar-refractivity contribution in [3.63, 3.8) is 0 Å². The fourth-order valence-corrected chi connectivity index (χ4v) is 5.81. The van der Waals surface area contributed by atoms with E-state index in [1.165, 1.54) is 24.9 Å². The lowest BCUT2D eigenvalue weighted by atomic mass is 9.91. The van der Waals surface area contributed by atoms with Gasteiger partial charge in [0, 0.05) is 38.4 Å². The minimum atomic E-state index is -3.09. The Morgan fingerprint density at radius 1 is 0.926 bits per heavy atom. The van der Waals surface area contributed by atoms with Crippen LogP contribution in [0.4, 0.5) is 5.69 Å². The van der Waals surface area contributed by atoms with Crippen LogP contribution in [0.2, 0.25) is 0 Å². The molecule has 6 heteroatoms. The molecular formula is C21H35N3O2S. The van der Waals surface area contributed by atoms with Crippen LogP contribution in [0.3, 0.4) is 0 Å². The average molecular weight is 394 g/mol. The quantitative estimate of drug-likeness (QED) is 0.655. The predicted octanol–water partition coefficient (Wildman–Crippen LogP) is 3.09. The number of para-hydroxylation sites is 1. The number of unbranched alkanes of at least 4 members (excludes halogenated alkanes) is 1. The molecule has 1 N–H and O–H groups in total. The van der Waals surface area contributed by atoms with Gasteiger partial charge in [-0.05, 0) is 50.3 Å². The second-order valence-electron chi connectivity index (χ2n) is 8.05. The molecule has 0 bridgehead atoms. The molecule has 152 valence electrons. The van der Waals surface area contributed by atoms with Gasteiger partial charge in [-0.25, -0.2) is 13.1 Å². The van der Waals surface area contributed by atoms with E-state index in [1.807, 2.05) is 0 Å². The maximum Gasteiger partial charge on any atom is 0.211 e. The second kappa shape index (κ2) is 10.4. The van der Waals surface area contributed by atoms with Gasteiger partial charge in [0.1, 0.15) is 0 Å². The first-order chi connectivity index (χ1) is 13.1. The summed E-state index contributed by atoms with van der Waals surface area (Å²) < 4.78 is 27.2. The van der Waals surface area contributed by atoms with E-state index in [2.05, 4.69) is 44.9 Å². The van der Waals surface area contributed by atoms with E-state index in [4.69, 9.17) is 0 Å². The van der Waals surface area contributed by atoms with Crippen LogP contribution in [-0.4, -0.2) is 58.3 Å². The van der Waals surface area contributed by atoms with Crippen molar-refractivity contribution in [3.8, 4) is 0 Å². The molecule has 1 heterocycles. The molecule has 0 atom stereocenters. The first kappa shape index (κ1) is 20.6. The fourth-order valence-electron chi connectivity index (χ4n) is 4.28. The Morgan fingerprint density at radius 3 is 2.33 bits per heavy atom. The highest BCUT2D eigenvalue weighted by atomic mass is 32.2. The number of anilines is 1. The lowest BCUT2D eigenvalue weighted by Gasteiger charge is -2.36. The summed E-state index contributed by atoms with van der Waals surface area (Å²) in [4.78, 5) is 4.94. The van der Waals surface area contributed by atoms with Crippen LogP contribution in [0.25, 0.3) is 0 Å². The van der Waals surface area contributed by atoms with E-state index in [9.17, 15) is 8.42 Å². The smallest absolute Gasteiger partial charge is 0.211 e. The van der Waals surface area contributed by atoms with Crippen LogP contribution in [-0.2, 0) is 10.0 Å². The van der Waals surface area contributed by atoms with Gasteiger partial charge in [0.25, 0.3) is 0 Å². The maximum atomic E-state index is 12.2. The van der Waals surface area contributed by atoms with E-state index in [1.54, 1.807) is 0 Å². The van der Waals surface area contributed by atoms with Gasteiger partial charge in [0.15, 0.2) is 0 Å². The largest absolute Gasteiger partial charge is 0.369 e. The van der Waals surface area contributed by atoms with Crippen molar-refractivity contribution in [2.75, 3.05) is 49.9 Å². The molecule has 0 unspecified atom stereocenters. The number of nitrogens with one attached hydrogen (secondary N) is 1. The standard InChI is InChI=1S/C21H35N3O2S/c25-27(26,19-20-9-3-1-4-10-20)22-13-7-8-14-23-15-17-24(18-16-23)21-11-5-2-6-12-21/h2,5-6,11-12,20,22H,1,3-4,7-10,13-19H2. The molecule has 0 radical (unpaired) electrons. The molecule has 0 aromatic heterocycles. The molecule has 1 saturated heterocycles. The summed E-state index contributed by atoms with van der Waals surface area (Å²) >= 11 is 0. The first-order valence-electron chi connectivity index (χ1n) is 10.6. The highest BCUT2D eigenvalue weighted by Gasteiger charge is 2.21. The van der Waals surface area contributed by atoms with Crippen LogP contribution in [0, 0.1) is 5.92 Å². The zero-order valence-corrected chi connectivity index (χ0v) is 17.3. The Hall–Kier alpha value is -1.11. The molecule has 1 aliphatic heterocycles. The number of hydrogen-bond acceptors (Lipinski definition) is 4. The van der Waals surface area contributed by atoms with Crippen LogP contribution in [0.15, 0.2) is 30.3 Å². The number of rotatable bonds is 9. The van der Waals surface area contributed by atoms with Crippen LogP contribution < -0.4 is 9.62 Å². The van der Waals surface area contributed by atoms with Gasteiger partial charge >= 0.3 is 0 Å². The van der Waals surface area contributed by atoms with Crippen molar-refractivity contribution in [1.29, 1.82) is 0 Å². The molecule has 1 aromatic rings. The SMILES string of the molecule is O=S(=O)(CC1CCCCC1)NCCCCN1CCN(c2ccccc2)CC1. The average Bonchev–Trinajstić information content (AvgIpc) is 2.69. The Morgan fingerprint density at radius 2 is 1.63 bits per heavy atom. The monoisotopic (exact) mass is 393 g/mol. The Bertz CT molecular complexity index is 637. The zero-order valence-electron chi connectivity index (χ0n) is 16.5. The number of benzene rings is 1. The summed E-state index contributed by atoms with van der Waals surface area (Å²) in [5.41, 5.74) is 1.31. The van der Waals surface area contributed by atoms with Crippen molar-refractivity contribution < 1.29 is 8.42 Å². The van der Waals surface area contributed by atoms with Gasteiger partial charge in [-0.2, -0.15) is 0 Å². The van der Waals surface area contributed by atoms with Crippen molar-refractivity contribution in [2.45, 2.75) is 44.9 Å². The summed E-state index contributed by atoms with van der Waals surface area (Å²) in [5, 5.41) is 0. The number of sulfonamides is 1. The first-order valence-corrected chi connectivity index (χ1v) is 12.3. The minimum Gasteiger partial charge on any atom is -0.369 e. The van der Waals surface area contributed by atoms with E-state index >= 15 is 0 Å².